The van der Waals surface area contributed by atoms with Crippen LogP contribution in [0.1, 0.15) is 33.0 Å². The Morgan fingerprint density at radius 2 is 2.24 bits per heavy atom. The number of hydrogen-bond donors (Lipinski definition) is 1. The summed E-state index contributed by atoms with van der Waals surface area (Å²) in [5.41, 5.74) is 0. The highest BCUT2D eigenvalue weighted by atomic mass is 16.5. The minimum absolute atomic E-state index is 0.261. The van der Waals surface area contributed by atoms with E-state index in [9.17, 15) is 0 Å². The molecule has 1 rings (SSSR count). The van der Waals surface area contributed by atoms with Crippen LogP contribution >= 0.6 is 0 Å². The third-order valence-electron chi connectivity index (χ3n) is 2.94. The zero-order valence-electron chi connectivity index (χ0n) is 11.3. The quantitative estimate of drug-likeness (QED) is 0.743. The number of nitrogens with one attached hydrogen (secondary N) is 1. The zero-order chi connectivity index (χ0) is 12.7. The standard InChI is InChI=1S/C12H24N4O/c1-5-13-11(7-10(3)17-4)8-12-14-9-15-16(12)6-2/h9-11,13H,5-8H2,1-4H3. The Bertz CT molecular complexity index is 313. The van der Waals surface area contributed by atoms with Crippen LogP contribution in [0, 0.1) is 0 Å². The van der Waals surface area contributed by atoms with Gasteiger partial charge in [0.05, 0.1) is 6.10 Å². The lowest BCUT2D eigenvalue weighted by molar-refractivity contribution is 0.100. The third kappa shape index (κ3) is 4.44. The summed E-state index contributed by atoms with van der Waals surface area (Å²) in [6.45, 7) is 8.12. The average molecular weight is 240 g/mol. The molecule has 0 saturated carbocycles. The predicted molar refractivity (Wildman–Crippen MR) is 68.0 cm³/mol. The first-order valence-corrected chi connectivity index (χ1v) is 6.34. The van der Waals surface area contributed by atoms with Crippen LogP contribution in [0.5, 0.6) is 0 Å². The van der Waals surface area contributed by atoms with Crippen LogP contribution in [-0.2, 0) is 17.7 Å². The molecule has 0 fully saturated rings. The van der Waals surface area contributed by atoms with Crippen molar-refractivity contribution < 1.29 is 4.74 Å². The zero-order valence-corrected chi connectivity index (χ0v) is 11.3. The van der Waals surface area contributed by atoms with Crippen molar-refractivity contribution in [2.75, 3.05) is 13.7 Å². The van der Waals surface area contributed by atoms with Crippen molar-refractivity contribution in [3.63, 3.8) is 0 Å². The molecule has 1 aromatic heterocycles. The molecule has 0 aliphatic heterocycles. The number of rotatable bonds is 8. The van der Waals surface area contributed by atoms with E-state index in [1.54, 1.807) is 13.4 Å². The van der Waals surface area contributed by atoms with Crippen molar-refractivity contribution in [3.8, 4) is 0 Å². The Morgan fingerprint density at radius 1 is 1.47 bits per heavy atom. The van der Waals surface area contributed by atoms with Crippen LogP contribution in [0.25, 0.3) is 0 Å². The summed E-state index contributed by atoms with van der Waals surface area (Å²) in [4.78, 5) is 4.31. The van der Waals surface area contributed by atoms with Gasteiger partial charge in [-0.3, -0.25) is 4.68 Å². The number of methoxy groups -OCH3 is 1. The molecule has 0 aromatic carbocycles. The van der Waals surface area contributed by atoms with Gasteiger partial charge in [-0.1, -0.05) is 6.92 Å². The van der Waals surface area contributed by atoms with Gasteiger partial charge in [0.2, 0.25) is 0 Å². The summed E-state index contributed by atoms with van der Waals surface area (Å²) in [5, 5.41) is 7.67. The van der Waals surface area contributed by atoms with Crippen LogP contribution in [0.4, 0.5) is 0 Å². The first-order chi connectivity index (χ1) is 8.21. The number of likely N-dealkylation sites (N-methyl/N-ethyl adjacent to an activating group) is 1. The van der Waals surface area contributed by atoms with E-state index in [4.69, 9.17) is 4.74 Å². The molecular formula is C12H24N4O. The van der Waals surface area contributed by atoms with E-state index in [2.05, 4.69) is 36.2 Å². The molecule has 5 nitrogen and oxygen atoms in total. The molecule has 1 aromatic rings. The normalized spacial score (nSPS) is 14.8. The number of ether oxygens (including phenoxy) is 1. The lowest BCUT2D eigenvalue weighted by Gasteiger charge is -2.20. The molecule has 1 heterocycles. The summed E-state index contributed by atoms with van der Waals surface area (Å²) in [6.07, 6.45) is 3.77. The van der Waals surface area contributed by atoms with E-state index >= 15 is 0 Å². The van der Waals surface area contributed by atoms with Gasteiger partial charge in [-0.25, -0.2) is 4.98 Å². The maximum absolute atomic E-state index is 5.32. The molecule has 0 aliphatic rings. The number of aromatic nitrogens is 3. The highest BCUT2D eigenvalue weighted by molar-refractivity contribution is 4.90. The average Bonchev–Trinajstić information content (AvgIpc) is 2.76. The predicted octanol–water partition coefficient (Wildman–Crippen LogP) is 1.24. The van der Waals surface area contributed by atoms with Crippen molar-refractivity contribution >= 4 is 0 Å². The molecule has 2 unspecified atom stereocenters. The molecule has 17 heavy (non-hydrogen) atoms. The molecular weight excluding hydrogens is 216 g/mol. The Labute approximate surface area is 104 Å². The first-order valence-electron chi connectivity index (χ1n) is 6.34. The largest absolute Gasteiger partial charge is 0.382 e. The molecule has 98 valence electrons. The van der Waals surface area contributed by atoms with Crippen molar-refractivity contribution in [2.45, 2.75) is 52.3 Å². The summed E-state index contributed by atoms with van der Waals surface area (Å²) in [6, 6.07) is 0.393. The number of hydrogen-bond acceptors (Lipinski definition) is 4. The molecule has 0 bridgehead atoms. The van der Waals surface area contributed by atoms with E-state index in [0.29, 0.717) is 6.04 Å². The topological polar surface area (TPSA) is 52.0 Å². The van der Waals surface area contributed by atoms with Gasteiger partial charge in [0.25, 0.3) is 0 Å². The highest BCUT2D eigenvalue weighted by Crippen LogP contribution is 2.07. The minimum Gasteiger partial charge on any atom is -0.382 e. The first kappa shape index (κ1) is 14.1. The van der Waals surface area contributed by atoms with E-state index in [0.717, 1.165) is 31.8 Å². The Hall–Kier alpha value is -0.940. The minimum atomic E-state index is 0.261. The molecule has 0 spiro atoms. The van der Waals surface area contributed by atoms with Gasteiger partial charge in [0.1, 0.15) is 12.2 Å². The fraction of sp³-hybridized carbons (Fsp3) is 0.833. The van der Waals surface area contributed by atoms with Crippen LogP contribution in [0.3, 0.4) is 0 Å². The van der Waals surface area contributed by atoms with Gasteiger partial charge in [-0.15, -0.1) is 0 Å². The molecule has 1 N–H and O–H groups in total. The van der Waals surface area contributed by atoms with Crippen LogP contribution < -0.4 is 5.32 Å². The SMILES string of the molecule is CCNC(Cc1ncnn1CC)CC(C)OC. The van der Waals surface area contributed by atoms with E-state index < -0.39 is 0 Å². The molecule has 0 amide bonds. The van der Waals surface area contributed by atoms with Crippen LogP contribution in [0.15, 0.2) is 6.33 Å². The molecule has 0 saturated heterocycles. The summed E-state index contributed by atoms with van der Waals surface area (Å²) in [7, 11) is 1.75. The molecule has 0 radical (unpaired) electrons. The second-order valence-electron chi connectivity index (χ2n) is 4.23. The van der Waals surface area contributed by atoms with Gasteiger partial charge >= 0.3 is 0 Å². The fourth-order valence-corrected chi connectivity index (χ4v) is 1.96. The number of aryl methyl sites for hydroxylation is 1. The third-order valence-corrected chi connectivity index (χ3v) is 2.94. The second-order valence-corrected chi connectivity index (χ2v) is 4.23. The van der Waals surface area contributed by atoms with Crippen molar-refractivity contribution in [1.82, 2.24) is 20.1 Å². The smallest absolute Gasteiger partial charge is 0.138 e. The number of nitrogens with zero attached hydrogens (tertiary/aromatic N) is 3. The maximum atomic E-state index is 5.32. The Morgan fingerprint density at radius 3 is 2.82 bits per heavy atom. The monoisotopic (exact) mass is 240 g/mol. The van der Waals surface area contributed by atoms with Gasteiger partial charge in [0.15, 0.2) is 0 Å². The van der Waals surface area contributed by atoms with Crippen molar-refractivity contribution in [1.29, 1.82) is 0 Å². The molecule has 0 aliphatic carbocycles. The van der Waals surface area contributed by atoms with E-state index in [1.807, 2.05) is 4.68 Å². The van der Waals surface area contributed by atoms with Crippen LogP contribution in [-0.4, -0.2) is 40.6 Å². The maximum Gasteiger partial charge on any atom is 0.138 e. The Kier molecular flexibility index (Phi) is 6.15. The van der Waals surface area contributed by atoms with Gasteiger partial charge in [-0.2, -0.15) is 5.10 Å². The van der Waals surface area contributed by atoms with Gasteiger partial charge in [-0.05, 0) is 26.8 Å². The summed E-state index contributed by atoms with van der Waals surface area (Å²) >= 11 is 0. The van der Waals surface area contributed by atoms with Gasteiger partial charge in [0, 0.05) is 26.1 Å². The summed E-state index contributed by atoms with van der Waals surface area (Å²) in [5.74, 6) is 1.04. The lowest BCUT2D eigenvalue weighted by Crippen LogP contribution is -2.35. The van der Waals surface area contributed by atoms with E-state index in [-0.39, 0.29) is 6.10 Å². The van der Waals surface area contributed by atoms with Crippen molar-refractivity contribution in [3.05, 3.63) is 12.2 Å². The lowest BCUT2D eigenvalue weighted by atomic mass is 10.1. The molecule has 2 atom stereocenters. The summed E-state index contributed by atoms with van der Waals surface area (Å²) < 4.78 is 7.27. The Balaban J connectivity index is 2.59. The highest BCUT2D eigenvalue weighted by Gasteiger charge is 2.15. The van der Waals surface area contributed by atoms with E-state index in [1.165, 1.54) is 0 Å². The van der Waals surface area contributed by atoms with Crippen molar-refractivity contribution in [2.24, 2.45) is 0 Å². The van der Waals surface area contributed by atoms with Crippen LogP contribution in [0.2, 0.25) is 0 Å². The van der Waals surface area contributed by atoms with Gasteiger partial charge < -0.3 is 10.1 Å². The fourth-order valence-electron chi connectivity index (χ4n) is 1.96. The second kappa shape index (κ2) is 7.40. The molecule has 5 heteroatoms.